The zero-order valence-electron chi connectivity index (χ0n) is 8.03. The van der Waals surface area contributed by atoms with E-state index in [4.69, 9.17) is 10.2 Å². The Morgan fingerprint density at radius 3 is 2.93 bits per heavy atom. The van der Waals surface area contributed by atoms with Crippen LogP contribution < -0.4 is 5.32 Å². The average molecular weight is 193 g/mol. The predicted octanol–water partition coefficient (Wildman–Crippen LogP) is 0.898. The quantitative estimate of drug-likeness (QED) is 0.654. The van der Waals surface area contributed by atoms with Crippen LogP contribution in [0.2, 0.25) is 0 Å². The van der Waals surface area contributed by atoms with Crippen molar-refractivity contribution in [3.05, 3.63) is 29.3 Å². The van der Waals surface area contributed by atoms with Crippen LogP contribution in [0.3, 0.4) is 0 Å². The van der Waals surface area contributed by atoms with Gasteiger partial charge in [0.1, 0.15) is 0 Å². The van der Waals surface area contributed by atoms with E-state index >= 15 is 0 Å². The standard InChI is InChI=1S/C11H15NO2/c13-6-8-2-1-3-11-10(8)5-4-9(7-14)12-11/h1-3,9,12-14H,4-7H2/t9-/m1/s1. The summed E-state index contributed by atoms with van der Waals surface area (Å²) in [5.74, 6) is 0. The van der Waals surface area contributed by atoms with E-state index in [1.165, 1.54) is 5.56 Å². The zero-order chi connectivity index (χ0) is 9.97. The van der Waals surface area contributed by atoms with Crippen molar-refractivity contribution < 1.29 is 10.2 Å². The van der Waals surface area contributed by atoms with Gasteiger partial charge in [0, 0.05) is 11.7 Å². The molecule has 1 heterocycles. The third-order valence-corrected chi connectivity index (χ3v) is 2.77. The highest BCUT2D eigenvalue weighted by molar-refractivity contribution is 5.57. The molecule has 0 radical (unpaired) electrons. The fourth-order valence-electron chi connectivity index (χ4n) is 1.96. The Bertz CT molecular complexity index is 325. The Hall–Kier alpha value is -1.06. The Kier molecular flexibility index (Phi) is 2.70. The minimum atomic E-state index is 0.0919. The Morgan fingerprint density at radius 1 is 1.36 bits per heavy atom. The van der Waals surface area contributed by atoms with E-state index in [1.807, 2.05) is 18.2 Å². The van der Waals surface area contributed by atoms with Crippen molar-refractivity contribution in [3.63, 3.8) is 0 Å². The first-order chi connectivity index (χ1) is 6.85. The first-order valence-corrected chi connectivity index (χ1v) is 4.94. The topological polar surface area (TPSA) is 52.5 Å². The number of hydrogen-bond acceptors (Lipinski definition) is 3. The molecule has 1 atom stereocenters. The van der Waals surface area contributed by atoms with E-state index in [-0.39, 0.29) is 19.3 Å². The van der Waals surface area contributed by atoms with E-state index in [0.29, 0.717) is 0 Å². The van der Waals surface area contributed by atoms with Gasteiger partial charge in [0.05, 0.1) is 13.2 Å². The van der Waals surface area contributed by atoms with Crippen LogP contribution in [0.1, 0.15) is 17.5 Å². The summed E-state index contributed by atoms with van der Waals surface area (Å²) in [5.41, 5.74) is 3.24. The molecule has 0 unspecified atom stereocenters. The number of aliphatic hydroxyl groups is 2. The molecule has 0 aromatic heterocycles. The van der Waals surface area contributed by atoms with Crippen molar-refractivity contribution in [2.24, 2.45) is 0 Å². The summed E-state index contributed by atoms with van der Waals surface area (Å²) >= 11 is 0. The van der Waals surface area contributed by atoms with E-state index in [9.17, 15) is 0 Å². The lowest BCUT2D eigenvalue weighted by molar-refractivity contribution is 0.265. The number of anilines is 1. The SMILES string of the molecule is OCc1cccc2c1CC[C@H](CO)N2. The number of aliphatic hydroxyl groups excluding tert-OH is 2. The van der Waals surface area contributed by atoms with Crippen molar-refractivity contribution in [1.82, 2.24) is 0 Å². The number of hydrogen-bond donors (Lipinski definition) is 3. The van der Waals surface area contributed by atoms with Gasteiger partial charge in [-0.25, -0.2) is 0 Å². The van der Waals surface area contributed by atoms with Gasteiger partial charge in [-0.3, -0.25) is 0 Å². The summed E-state index contributed by atoms with van der Waals surface area (Å²) in [5, 5.41) is 21.4. The van der Waals surface area contributed by atoms with E-state index in [2.05, 4.69) is 5.32 Å². The first-order valence-electron chi connectivity index (χ1n) is 4.94. The molecule has 1 aliphatic rings. The molecule has 0 spiro atoms. The van der Waals surface area contributed by atoms with E-state index in [0.717, 1.165) is 24.1 Å². The molecular formula is C11H15NO2. The largest absolute Gasteiger partial charge is 0.394 e. The summed E-state index contributed by atoms with van der Waals surface area (Å²) in [6.45, 7) is 0.261. The van der Waals surface area contributed by atoms with Gasteiger partial charge in [0.25, 0.3) is 0 Å². The summed E-state index contributed by atoms with van der Waals surface area (Å²) in [4.78, 5) is 0. The Morgan fingerprint density at radius 2 is 2.21 bits per heavy atom. The molecule has 0 saturated heterocycles. The molecule has 0 saturated carbocycles. The number of rotatable bonds is 2. The van der Waals surface area contributed by atoms with Gasteiger partial charge >= 0.3 is 0 Å². The van der Waals surface area contributed by atoms with Gasteiger partial charge in [-0.15, -0.1) is 0 Å². The van der Waals surface area contributed by atoms with Gasteiger partial charge in [0.15, 0.2) is 0 Å². The van der Waals surface area contributed by atoms with Crippen LogP contribution in [0, 0.1) is 0 Å². The third-order valence-electron chi connectivity index (χ3n) is 2.77. The molecule has 3 heteroatoms. The molecule has 76 valence electrons. The van der Waals surface area contributed by atoms with Crippen LogP contribution in [0.25, 0.3) is 0 Å². The maximum Gasteiger partial charge on any atom is 0.0685 e. The molecule has 1 aliphatic heterocycles. The molecule has 3 N–H and O–H groups in total. The van der Waals surface area contributed by atoms with Crippen molar-refractivity contribution in [2.45, 2.75) is 25.5 Å². The van der Waals surface area contributed by atoms with Gasteiger partial charge in [-0.05, 0) is 30.0 Å². The van der Waals surface area contributed by atoms with Crippen molar-refractivity contribution in [2.75, 3.05) is 11.9 Å². The van der Waals surface area contributed by atoms with Crippen LogP contribution in [-0.2, 0) is 13.0 Å². The van der Waals surface area contributed by atoms with Crippen molar-refractivity contribution in [3.8, 4) is 0 Å². The van der Waals surface area contributed by atoms with Gasteiger partial charge < -0.3 is 15.5 Å². The maximum atomic E-state index is 9.14. The second-order valence-electron chi connectivity index (χ2n) is 3.66. The zero-order valence-corrected chi connectivity index (χ0v) is 8.03. The number of benzene rings is 1. The first kappa shape index (κ1) is 9.49. The van der Waals surface area contributed by atoms with Crippen LogP contribution in [0.15, 0.2) is 18.2 Å². The third kappa shape index (κ3) is 1.61. The van der Waals surface area contributed by atoms with Gasteiger partial charge in [-0.2, -0.15) is 0 Å². The Balaban J connectivity index is 2.30. The summed E-state index contributed by atoms with van der Waals surface area (Å²) in [6.07, 6.45) is 1.87. The summed E-state index contributed by atoms with van der Waals surface area (Å²) in [6, 6.07) is 6.03. The van der Waals surface area contributed by atoms with Crippen molar-refractivity contribution in [1.29, 1.82) is 0 Å². The molecule has 1 aromatic rings. The highest BCUT2D eigenvalue weighted by Crippen LogP contribution is 2.27. The predicted molar refractivity (Wildman–Crippen MR) is 55.2 cm³/mol. The summed E-state index contributed by atoms with van der Waals surface area (Å²) in [7, 11) is 0. The fourth-order valence-corrected chi connectivity index (χ4v) is 1.96. The van der Waals surface area contributed by atoms with Crippen LogP contribution in [0.4, 0.5) is 5.69 Å². The average Bonchev–Trinajstić information content (AvgIpc) is 2.27. The molecule has 1 aromatic carbocycles. The molecular weight excluding hydrogens is 178 g/mol. The van der Waals surface area contributed by atoms with Crippen LogP contribution >= 0.6 is 0 Å². The van der Waals surface area contributed by atoms with Crippen molar-refractivity contribution >= 4 is 5.69 Å². The Labute approximate surface area is 83.4 Å². The monoisotopic (exact) mass is 193 g/mol. The normalized spacial score (nSPS) is 20.0. The maximum absolute atomic E-state index is 9.14. The van der Waals surface area contributed by atoms with E-state index < -0.39 is 0 Å². The number of fused-ring (bicyclic) bond motifs is 1. The highest BCUT2D eigenvalue weighted by Gasteiger charge is 2.18. The minimum absolute atomic E-state index is 0.0919. The van der Waals surface area contributed by atoms with Crippen LogP contribution in [-0.4, -0.2) is 22.9 Å². The summed E-state index contributed by atoms with van der Waals surface area (Å²) < 4.78 is 0. The molecule has 14 heavy (non-hydrogen) atoms. The highest BCUT2D eigenvalue weighted by atomic mass is 16.3. The fraction of sp³-hybridized carbons (Fsp3) is 0.455. The molecule has 0 amide bonds. The second kappa shape index (κ2) is 3.98. The lowest BCUT2D eigenvalue weighted by Crippen LogP contribution is -2.29. The molecule has 2 rings (SSSR count). The smallest absolute Gasteiger partial charge is 0.0685 e. The lowest BCUT2D eigenvalue weighted by atomic mass is 9.94. The van der Waals surface area contributed by atoms with Gasteiger partial charge in [0.2, 0.25) is 0 Å². The van der Waals surface area contributed by atoms with Crippen LogP contribution in [0.5, 0.6) is 0 Å². The minimum Gasteiger partial charge on any atom is -0.394 e. The van der Waals surface area contributed by atoms with Gasteiger partial charge in [-0.1, -0.05) is 12.1 Å². The molecule has 0 aliphatic carbocycles. The second-order valence-corrected chi connectivity index (χ2v) is 3.66. The molecule has 0 bridgehead atoms. The van der Waals surface area contributed by atoms with E-state index in [1.54, 1.807) is 0 Å². The molecule has 3 nitrogen and oxygen atoms in total. The lowest BCUT2D eigenvalue weighted by Gasteiger charge is -2.26. The number of nitrogens with one attached hydrogen (secondary N) is 1. The molecule has 0 fully saturated rings.